The molecule has 0 radical (unpaired) electrons. The normalized spacial score (nSPS) is 12.8. The van der Waals surface area contributed by atoms with Crippen LogP contribution in [0.5, 0.6) is 0 Å². The van der Waals surface area contributed by atoms with Gasteiger partial charge in [0.2, 0.25) is 0 Å². The molecule has 0 saturated carbocycles. The maximum atomic E-state index is 11.1. The molecular weight excluding hydrogens is 328 g/mol. The fourth-order valence-corrected chi connectivity index (χ4v) is 2.06. The fraction of sp³-hybridized carbons (Fsp3) is 0.462. The van der Waals surface area contributed by atoms with Gasteiger partial charge in [-0.2, -0.15) is 0 Å². The minimum absolute atomic E-state index is 0.0842. The van der Waals surface area contributed by atoms with Crippen molar-refractivity contribution in [1.82, 2.24) is 0 Å². The molecule has 0 saturated heterocycles. The third-order valence-corrected chi connectivity index (χ3v) is 3.40. The first-order valence-corrected chi connectivity index (χ1v) is 6.83. The highest BCUT2D eigenvalue weighted by Crippen LogP contribution is 2.32. The average molecular weight is 345 g/mol. The molecule has 0 aliphatic rings. The SMILES string of the molecule is CC(C)(C)C(CC(=O)O)Nc1ccc(Br)cc1[N+](=O)[O-]. The van der Waals surface area contributed by atoms with Crippen LogP contribution in [0.4, 0.5) is 11.4 Å². The van der Waals surface area contributed by atoms with E-state index in [2.05, 4.69) is 21.2 Å². The lowest BCUT2D eigenvalue weighted by molar-refractivity contribution is -0.384. The van der Waals surface area contributed by atoms with E-state index < -0.39 is 16.9 Å². The Kier molecular flexibility index (Phi) is 5.10. The van der Waals surface area contributed by atoms with Gasteiger partial charge in [-0.1, -0.05) is 36.7 Å². The zero-order chi connectivity index (χ0) is 15.5. The molecule has 110 valence electrons. The minimum atomic E-state index is -0.947. The predicted octanol–water partition coefficient (Wildman–Crippen LogP) is 3.66. The van der Waals surface area contributed by atoms with Crippen LogP contribution >= 0.6 is 15.9 Å². The van der Waals surface area contributed by atoms with Gasteiger partial charge in [0.05, 0.1) is 11.3 Å². The molecule has 20 heavy (non-hydrogen) atoms. The maximum absolute atomic E-state index is 11.1. The lowest BCUT2D eigenvalue weighted by atomic mass is 9.84. The number of rotatable bonds is 5. The van der Waals surface area contributed by atoms with Gasteiger partial charge >= 0.3 is 5.97 Å². The zero-order valence-corrected chi connectivity index (χ0v) is 13.1. The molecule has 1 aromatic carbocycles. The van der Waals surface area contributed by atoms with Gasteiger partial charge in [-0.3, -0.25) is 14.9 Å². The topological polar surface area (TPSA) is 92.5 Å². The summed E-state index contributed by atoms with van der Waals surface area (Å²) in [7, 11) is 0. The number of hydrogen-bond acceptors (Lipinski definition) is 4. The molecule has 0 amide bonds. The summed E-state index contributed by atoms with van der Waals surface area (Å²) >= 11 is 3.18. The third-order valence-electron chi connectivity index (χ3n) is 2.91. The van der Waals surface area contributed by atoms with Gasteiger partial charge in [-0.15, -0.1) is 0 Å². The summed E-state index contributed by atoms with van der Waals surface area (Å²) in [6.07, 6.45) is -0.114. The van der Waals surface area contributed by atoms with Crippen molar-refractivity contribution >= 4 is 33.3 Å². The van der Waals surface area contributed by atoms with E-state index in [0.29, 0.717) is 10.2 Å². The molecule has 1 unspecified atom stereocenters. The number of aliphatic carboxylic acids is 1. The second-order valence-electron chi connectivity index (χ2n) is 5.58. The van der Waals surface area contributed by atoms with E-state index in [0.717, 1.165) is 0 Å². The number of nitro benzene ring substituents is 1. The molecule has 6 nitrogen and oxygen atoms in total. The largest absolute Gasteiger partial charge is 0.481 e. The van der Waals surface area contributed by atoms with Crippen LogP contribution in [0.25, 0.3) is 0 Å². The third kappa shape index (κ3) is 4.48. The Balaban J connectivity index is 3.11. The molecule has 0 aliphatic carbocycles. The first-order chi connectivity index (χ1) is 9.11. The van der Waals surface area contributed by atoms with Gasteiger partial charge in [0.25, 0.3) is 5.69 Å². The van der Waals surface area contributed by atoms with E-state index in [1.54, 1.807) is 12.1 Å². The van der Waals surface area contributed by atoms with Gasteiger partial charge in [-0.05, 0) is 17.5 Å². The van der Waals surface area contributed by atoms with Crippen molar-refractivity contribution < 1.29 is 14.8 Å². The molecule has 2 N–H and O–H groups in total. The predicted molar refractivity (Wildman–Crippen MR) is 79.9 cm³/mol. The number of anilines is 1. The molecule has 1 atom stereocenters. The Hall–Kier alpha value is -1.63. The lowest BCUT2D eigenvalue weighted by Crippen LogP contribution is -2.36. The maximum Gasteiger partial charge on any atom is 0.305 e. The van der Waals surface area contributed by atoms with Crippen LogP contribution in [0, 0.1) is 15.5 Å². The van der Waals surface area contributed by atoms with E-state index in [9.17, 15) is 14.9 Å². The van der Waals surface area contributed by atoms with E-state index in [-0.39, 0.29) is 17.5 Å². The summed E-state index contributed by atoms with van der Waals surface area (Å²) in [5.74, 6) is -0.947. The van der Waals surface area contributed by atoms with Gasteiger partial charge in [0, 0.05) is 16.6 Å². The molecule has 0 bridgehead atoms. The van der Waals surface area contributed by atoms with Crippen LogP contribution in [-0.4, -0.2) is 22.0 Å². The van der Waals surface area contributed by atoms with Crippen LogP contribution < -0.4 is 5.32 Å². The number of benzene rings is 1. The number of carbonyl (C=O) groups is 1. The quantitative estimate of drug-likeness (QED) is 0.628. The first kappa shape index (κ1) is 16.4. The van der Waals surface area contributed by atoms with E-state index in [4.69, 9.17) is 5.11 Å². The molecule has 7 heteroatoms. The van der Waals surface area contributed by atoms with Crippen LogP contribution in [0.3, 0.4) is 0 Å². The standard InChI is InChI=1S/C13H17BrN2O4/c1-13(2,3)11(7-12(17)18)15-9-5-4-8(14)6-10(9)16(19)20/h4-6,11,15H,7H2,1-3H3,(H,17,18). The minimum Gasteiger partial charge on any atom is -0.481 e. The second kappa shape index (κ2) is 6.21. The van der Waals surface area contributed by atoms with Crippen molar-refractivity contribution in [2.45, 2.75) is 33.2 Å². The second-order valence-corrected chi connectivity index (χ2v) is 6.50. The molecule has 1 rings (SSSR count). The number of nitro groups is 1. The van der Waals surface area contributed by atoms with Crippen LogP contribution in [0.2, 0.25) is 0 Å². The summed E-state index contributed by atoms with van der Waals surface area (Å²) in [6.45, 7) is 5.66. The van der Waals surface area contributed by atoms with Crippen LogP contribution in [0.1, 0.15) is 27.2 Å². The van der Waals surface area contributed by atoms with Crippen molar-refractivity contribution in [3.8, 4) is 0 Å². The molecule has 0 spiro atoms. The van der Waals surface area contributed by atoms with E-state index in [1.165, 1.54) is 6.07 Å². The average Bonchev–Trinajstić information content (AvgIpc) is 2.28. The van der Waals surface area contributed by atoms with E-state index >= 15 is 0 Å². The first-order valence-electron chi connectivity index (χ1n) is 6.03. The Bertz CT molecular complexity index is 526. The molecule has 0 fully saturated rings. The van der Waals surface area contributed by atoms with Crippen molar-refractivity contribution in [2.24, 2.45) is 5.41 Å². The Labute approximate surface area is 125 Å². The van der Waals surface area contributed by atoms with Crippen molar-refractivity contribution in [3.05, 3.63) is 32.8 Å². The summed E-state index contributed by atoms with van der Waals surface area (Å²) in [5.41, 5.74) is -0.113. The van der Waals surface area contributed by atoms with Gasteiger partial charge < -0.3 is 10.4 Å². The lowest BCUT2D eigenvalue weighted by Gasteiger charge is -2.31. The zero-order valence-electron chi connectivity index (χ0n) is 11.5. The van der Waals surface area contributed by atoms with Crippen molar-refractivity contribution in [1.29, 1.82) is 0 Å². The monoisotopic (exact) mass is 344 g/mol. The number of nitrogens with one attached hydrogen (secondary N) is 1. The summed E-state index contributed by atoms with van der Waals surface area (Å²) in [6, 6.07) is 4.22. The smallest absolute Gasteiger partial charge is 0.305 e. The number of carboxylic acids is 1. The highest BCUT2D eigenvalue weighted by atomic mass is 79.9. The highest BCUT2D eigenvalue weighted by Gasteiger charge is 2.29. The Morgan fingerprint density at radius 1 is 1.50 bits per heavy atom. The molecule has 1 aromatic rings. The molecule has 0 aromatic heterocycles. The molecule has 0 heterocycles. The fourth-order valence-electron chi connectivity index (χ4n) is 1.71. The van der Waals surface area contributed by atoms with Crippen molar-refractivity contribution in [2.75, 3.05) is 5.32 Å². The van der Waals surface area contributed by atoms with Gasteiger partial charge in [-0.25, -0.2) is 0 Å². The Morgan fingerprint density at radius 3 is 2.55 bits per heavy atom. The number of nitrogens with zero attached hydrogens (tertiary/aromatic N) is 1. The number of halogens is 1. The molecular formula is C13H17BrN2O4. The van der Waals surface area contributed by atoms with Gasteiger partial charge in [0.1, 0.15) is 5.69 Å². The number of carboxylic acid groups (broad SMARTS) is 1. The molecule has 0 aliphatic heterocycles. The number of hydrogen-bond donors (Lipinski definition) is 2. The highest BCUT2D eigenvalue weighted by molar-refractivity contribution is 9.10. The summed E-state index contributed by atoms with van der Waals surface area (Å²) in [4.78, 5) is 21.5. The van der Waals surface area contributed by atoms with Crippen LogP contribution in [-0.2, 0) is 4.79 Å². The summed E-state index contributed by atoms with van der Waals surface area (Å²) in [5, 5.41) is 23.0. The van der Waals surface area contributed by atoms with Crippen molar-refractivity contribution in [3.63, 3.8) is 0 Å². The Morgan fingerprint density at radius 2 is 2.10 bits per heavy atom. The van der Waals surface area contributed by atoms with Crippen LogP contribution in [0.15, 0.2) is 22.7 Å². The summed E-state index contributed by atoms with van der Waals surface area (Å²) < 4.78 is 0.597. The van der Waals surface area contributed by atoms with E-state index in [1.807, 2.05) is 20.8 Å². The van der Waals surface area contributed by atoms with Gasteiger partial charge in [0.15, 0.2) is 0 Å².